The molecule has 3 rings (SSSR count). The highest BCUT2D eigenvalue weighted by molar-refractivity contribution is 5.99. The van der Waals surface area contributed by atoms with E-state index in [1.165, 1.54) is 30.9 Å². The Balaban J connectivity index is 1.49. The fourth-order valence-electron chi connectivity index (χ4n) is 2.81. The highest BCUT2D eigenvalue weighted by atomic mass is 16.3. The zero-order chi connectivity index (χ0) is 16.8. The summed E-state index contributed by atoms with van der Waals surface area (Å²) in [5.74, 6) is -0.591. The highest BCUT2D eigenvalue weighted by Gasteiger charge is 2.12. The second kappa shape index (κ2) is 7.79. The van der Waals surface area contributed by atoms with E-state index in [-0.39, 0.29) is 18.4 Å². The SMILES string of the molecule is O=C(CNC(=O)c1ccoc1)Nc1cccc(CN2CCCC2)c1. The van der Waals surface area contributed by atoms with Crippen LogP contribution in [0.5, 0.6) is 0 Å². The fourth-order valence-corrected chi connectivity index (χ4v) is 2.81. The first kappa shape index (κ1) is 16.3. The van der Waals surface area contributed by atoms with Gasteiger partial charge in [-0.05, 0) is 49.7 Å². The Morgan fingerprint density at radius 2 is 2.00 bits per heavy atom. The molecule has 6 heteroatoms. The van der Waals surface area contributed by atoms with E-state index in [9.17, 15) is 9.59 Å². The number of furan rings is 1. The van der Waals surface area contributed by atoms with Gasteiger partial charge in [0.05, 0.1) is 18.4 Å². The maximum absolute atomic E-state index is 12.0. The lowest BCUT2D eigenvalue weighted by molar-refractivity contribution is -0.115. The van der Waals surface area contributed by atoms with Crippen molar-refractivity contribution in [2.24, 2.45) is 0 Å². The maximum Gasteiger partial charge on any atom is 0.254 e. The van der Waals surface area contributed by atoms with Gasteiger partial charge in [-0.25, -0.2) is 0 Å². The molecule has 1 saturated heterocycles. The Morgan fingerprint density at radius 1 is 1.17 bits per heavy atom. The summed E-state index contributed by atoms with van der Waals surface area (Å²) in [6.07, 6.45) is 5.27. The van der Waals surface area contributed by atoms with Gasteiger partial charge in [0.15, 0.2) is 0 Å². The van der Waals surface area contributed by atoms with Gasteiger partial charge in [-0.3, -0.25) is 14.5 Å². The standard InChI is InChI=1S/C18H21N3O3/c22-17(11-19-18(23)15-6-9-24-13-15)20-16-5-3-4-14(10-16)12-21-7-1-2-8-21/h3-6,9-10,13H,1-2,7-8,11-12H2,(H,19,23)(H,20,22). The molecule has 1 aromatic heterocycles. The third-order valence-corrected chi connectivity index (χ3v) is 4.01. The zero-order valence-corrected chi connectivity index (χ0v) is 13.5. The number of amides is 2. The number of hydrogen-bond acceptors (Lipinski definition) is 4. The number of anilines is 1. The number of hydrogen-bond donors (Lipinski definition) is 2. The van der Waals surface area contributed by atoms with Gasteiger partial charge in [-0.2, -0.15) is 0 Å². The predicted octanol–water partition coefficient (Wildman–Crippen LogP) is 2.24. The molecule has 2 amide bonds. The van der Waals surface area contributed by atoms with Crippen LogP contribution in [0.4, 0.5) is 5.69 Å². The molecule has 0 radical (unpaired) electrons. The van der Waals surface area contributed by atoms with E-state index in [4.69, 9.17) is 4.42 Å². The van der Waals surface area contributed by atoms with Gasteiger partial charge < -0.3 is 15.1 Å². The molecular weight excluding hydrogens is 306 g/mol. The minimum atomic E-state index is -0.332. The molecule has 1 aliphatic heterocycles. The van der Waals surface area contributed by atoms with Crippen LogP contribution in [0.2, 0.25) is 0 Å². The summed E-state index contributed by atoms with van der Waals surface area (Å²) in [6.45, 7) is 3.09. The number of nitrogens with one attached hydrogen (secondary N) is 2. The van der Waals surface area contributed by atoms with Crippen molar-refractivity contribution in [3.8, 4) is 0 Å². The Labute approximate surface area is 140 Å². The molecule has 126 valence electrons. The van der Waals surface area contributed by atoms with Crippen LogP contribution in [0.15, 0.2) is 47.3 Å². The number of carbonyl (C=O) groups excluding carboxylic acids is 2. The molecule has 1 aliphatic rings. The molecule has 24 heavy (non-hydrogen) atoms. The van der Waals surface area contributed by atoms with Crippen LogP contribution in [0, 0.1) is 0 Å². The summed E-state index contributed by atoms with van der Waals surface area (Å²) in [5, 5.41) is 5.37. The second-order valence-corrected chi connectivity index (χ2v) is 5.93. The van der Waals surface area contributed by atoms with Crippen LogP contribution < -0.4 is 10.6 Å². The average molecular weight is 327 g/mol. The van der Waals surface area contributed by atoms with Gasteiger partial charge in [-0.1, -0.05) is 12.1 Å². The Bertz CT molecular complexity index is 691. The first-order valence-electron chi connectivity index (χ1n) is 8.12. The summed E-state index contributed by atoms with van der Waals surface area (Å²) in [6, 6.07) is 9.38. The van der Waals surface area contributed by atoms with Gasteiger partial charge in [0.2, 0.25) is 5.91 Å². The Hall–Kier alpha value is -2.60. The topological polar surface area (TPSA) is 74.6 Å². The summed E-state index contributed by atoms with van der Waals surface area (Å²) >= 11 is 0. The molecule has 0 saturated carbocycles. The quantitative estimate of drug-likeness (QED) is 0.853. The second-order valence-electron chi connectivity index (χ2n) is 5.93. The molecule has 2 N–H and O–H groups in total. The van der Waals surface area contributed by atoms with E-state index in [1.54, 1.807) is 6.07 Å². The van der Waals surface area contributed by atoms with Crippen LogP contribution in [0.25, 0.3) is 0 Å². The summed E-state index contributed by atoms with van der Waals surface area (Å²) < 4.78 is 4.84. The number of rotatable bonds is 6. The van der Waals surface area contributed by atoms with Gasteiger partial charge in [0.25, 0.3) is 5.91 Å². The van der Waals surface area contributed by atoms with Crippen LogP contribution >= 0.6 is 0 Å². The van der Waals surface area contributed by atoms with Crippen LogP contribution in [-0.4, -0.2) is 36.3 Å². The average Bonchev–Trinajstić information content (AvgIpc) is 3.26. The van der Waals surface area contributed by atoms with E-state index >= 15 is 0 Å². The number of carbonyl (C=O) groups is 2. The first-order valence-corrected chi connectivity index (χ1v) is 8.12. The molecule has 0 bridgehead atoms. The smallest absolute Gasteiger partial charge is 0.254 e. The van der Waals surface area contributed by atoms with Gasteiger partial charge in [0, 0.05) is 12.2 Å². The van der Waals surface area contributed by atoms with Crippen molar-refractivity contribution in [1.29, 1.82) is 0 Å². The number of nitrogens with zero attached hydrogens (tertiary/aromatic N) is 1. The summed E-state index contributed by atoms with van der Waals surface area (Å²) in [4.78, 5) is 26.1. The molecule has 6 nitrogen and oxygen atoms in total. The Kier molecular flexibility index (Phi) is 5.28. The highest BCUT2D eigenvalue weighted by Crippen LogP contribution is 2.16. The van der Waals surface area contributed by atoms with Crippen molar-refractivity contribution in [1.82, 2.24) is 10.2 Å². The molecule has 0 aliphatic carbocycles. The third-order valence-electron chi connectivity index (χ3n) is 4.01. The van der Waals surface area contributed by atoms with Crippen LogP contribution in [-0.2, 0) is 11.3 Å². The summed E-state index contributed by atoms with van der Waals surface area (Å²) in [7, 11) is 0. The largest absolute Gasteiger partial charge is 0.472 e. The number of likely N-dealkylation sites (tertiary alicyclic amines) is 1. The van der Waals surface area contributed by atoms with Gasteiger partial charge in [0.1, 0.15) is 6.26 Å². The lowest BCUT2D eigenvalue weighted by Gasteiger charge is -2.15. The van der Waals surface area contributed by atoms with E-state index < -0.39 is 0 Å². The van der Waals surface area contributed by atoms with E-state index in [0.717, 1.165) is 25.3 Å². The third kappa shape index (κ3) is 4.45. The molecule has 0 unspecified atom stereocenters. The van der Waals surface area contributed by atoms with Crippen molar-refractivity contribution < 1.29 is 14.0 Å². The lowest BCUT2D eigenvalue weighted by atomic mass is 10.2. The number of benzene rings is 1. The van der Waals surface area contributed by atoms with Crippen molar-refractivity contribution in [3.63, 3.8) is 0 Å². The molecule has 2 aromatic rings. The first-order chi connectivity index (χ1) is 11.7. The molecule has 0 atom stereocenters. The molecule has 1 fully saturated rings. The van der Waals surface area contributed by atoms with Crippen molar-refractivity contribution in [3.05, 3.63) is 54.0 Å². The minimum Gasteiger partial charge on any atom is -0.472 e. The summed E-state index contributed by atoms with van der Waals surface area (Å²) in [5.41, 5.74) is 2.32. The van der Waals surface area contributed by atoms with Crippen molar-refractivity contribution in [2.45, 2.75) is 19.4 Å². The lowest BCUT2D eigenvalue weighted by Crippen LogP contribution is -2.32. The van der Waals surface area contributed by atoms with Crippen LogP contribution in [0.3, 0.4) is 0 Å². The van der Waals surface area contributed by atoms with Crippen LogP contribution in [0.1, 0.15) is 28.8 Å². The van der Waals surface area contributed by atoms with E-state index in [2.05, 4.69) is 21.6 Å². The predicted molar refractivity (Wildman–Crippen MR) is 90.6 cm³/mol. The van der Waals surface area contributed by atoms with Gasteiger partial charge >= 0.3 is 0 Å². The molecule has 1 aromatic carbocycles. The normalized spacial score (nSPS) is 14.5. The molecule has 0 spiro atoms. The maximum atomic E-state index is 12.0. The molecule has 2 heterocycles. The molecular formula is C18H21N3O3. The van der Waals surface area contributed by atoms with Gasteiger partial charge in [-0.15, -0.1) is 0 Å². The zero-order valence-electron chi connectivity index (χ0n) is 13.5. The minimum absolute atomic E-state index is 0.0830. The monoisotopic (exact) mass is 327 g/mol. The Morgan fingerprint density at radius 3 is 2.75 bits per heavy atom. The van der Waals surface area contributed by atoms with Crippen molar-refractivity contribution in [2.75, 3.05) is 25.0 Å². The van der Waals surface area contributed by atoms with E-state index in [1.807, 2.05) is 18.2 Å². The fraction of sp³-hybridized carbons (Fsp3) is 0.333. The van der Waals surface area contributed by atoms with E-state index in [0.29, 0.717) is 5.56 Å². The van der Waals surface area contributed by atoms with Crippen molar-refractivity contribution >= 4 is 17.5 Å².